The molecule has 1 amide bonds. The Hall–Kier alpha value is -2.23. The monoisotopic (exact) mass is 458 g/mol. The number of aryl methyl sites for hydroxylation is 1. The summed E-state index contributed by atoms with van der Waals surface area (Å²) in [5, 5.41) is 0. The lowest BCUT2D eigenvalue weighted by Crippen LogP contribution is -2.46. The third-order valence-corrected chi connectivity index (χ3v) is 6.76. The molecule has 2 fully saturated rings. The molecule has 4 rings (SSSR count). The van der Waals surface area contributed by atoms with Crippen LogP contribution in [-0.4, -0.2) is 56.4 Å². The number of ether oxygens (including phenoxy) is 1. The predicted molar refractivity (Wildman–Crippen MR) is 129 cm³/mol. The van der Waals surface area contributed by atoms with E-state index in [4.69, 9.17) is 21.9 Å². The number of carbonyl (C=O) groups excluding carboxylic acids is 1. The zero-order valence-electron chi connectivity index (χ0n) is 18.1. The minimum absolute atomic E-state index is 0.0106. The smallest absolute Gasteiger partial charge is 0.267 e. The molecule has 2 aromatic rings. The minimum atomic E-state index is -0.198. The van der Waals surface area contributed by atoms with Gasteiger partial charge in [-0.1, -0.05) is 37.0 Å². The first-order valence-corrected chi connectivity index (χ1v) is 11.7. The number of pyridine rings is 1. The van der Waals surface area contributed by atoms with Crippen molar-refractivity contribution >= 4 is 51.7 Å². The van der Waals surface area contributed by atoms with Gasteiger partial charge in [0.15, 0.2) is 0 Å². The van der Waals surface area contributed by atoms with Crippen molar-refractivity contribution in [2.45, 2.75) is 46.3 Å². The van der Waals surface area contributed by atoms with E-state index in [1.165, 1.54) is 11.8 Å². The van der Waals surface area contributed by atoms with Gasteiger partial charge in [-0.25, -0.2) is 4.98 Å². The quantitative estimate of drug-likeness (QED) is 0.515. The molecule has 2 aliphatic heterocycles. The Labute approximate surface area is 191 Å². The summed E-state index contributed by atoms with van der Waals surface area (Å²) in [7, 11) is 0. The second-order valence-electron chi connectivity index (χ2n) is 8.03. The van der Waals surface area contributed by atoms with Crippen LogP contribution in [0.25, 0.3) is 11.7 Å². The number of thiocarbonyl (C=S) groups is 1. The molecule has 0 radical (unpaired) electrons. The van der Waals surface area contributed by atoms with E-state index in [1.54, 1.807) is 21.6 Å². The van der Waals surface area contributed by atoms with E-state index in [9.17, 15) is 9.59 Å². The molecule has 0 bridgehead atoms. The second kappa shape index (κ2) is 8.72. The Morgan fingerprint density at radius 1 is 1.29 bits per heavy atom. The molecule has 7 nitrogen and oxygen atoms in total. The fourth-order valence-corrected chi connectivity index (χ4v) is 5.36. The summed E-state index contributed by atoms with van der Waals surface area (Å²) in [6.07, 6.45) is 4.21. The van der Waals surface area contributed by atoms with Crippen LogP contribution in [0.2, 0.25) is 0 Å². The Morgan fingerprint density at radius 2 is 2.00 bits per heavy atom. The molecule has 0 unspecified atom stereocenters. The predicted octanol–water partition coefficient (Wildman–Crippen LogP) is 3.23. The van der Waals surface area contributed by atoms with E-state index in [2.05, 4.69) is 4.90 Å². The highest BCUT2D eigenvalue weighted by Crippen LogP contribution is 2.34. The summed E-state index contributed by atoms with van der Waals surface area (Å²) in [5.74, 6) is 0.433. The van der Waals surface area contributed by atoms with Gasteiger partial charge in [0.1, 0.15) is 15.8 Å². The number of hydrogen-bond acceptors (Lipinski definition) is 7. The van der Waals surface area contributed by atoms with Crippen molar-refractivity contribution in [3.8, 4) is 0 Å². The minimum Gasteiger partial charge on any atom is -0.372 e. The third-order valence-electron chi connectivity index (χ3n) is 5.38. The molecule has 0 spiro atoms. The van der Waals surface area contributed by atoms with Gasteiger partial charge in [0.25, 0.3) is 11.5 Å². The van der Waals surface area contributed by atoms with Gasteiger partial charge in [0.05, 0.1) is 22.7 Å². The Bertz CT molecular complexity index is 1130. The SMILES string of the molecule is CCCN1C(=O)/C(=C/c2c(N3C[C@H](C)O[C@@H](C)C3)nc3c(C)cccn3c2=O)SC1=S. The van der Waals surface area contributed by atoms with Crippen LogP contribution in [0.5, 0.6) is 0 Å². The van der Waals surface area contributed by atoms with Crippen molar-refractivity contribution < 1.29 is 9.53 Å². The second-order valence-corrected chi connectivity index (χ2v) is 9.71. The average molecular weight is 459 g/mol. The number of hydrogen-bond donors (Lipinski definition) is 0. The van der Waals surface area contributed by atoms with Crippen LogP contribution in [0.15, 0.2) is 28.0 Å². The Kier molecular flexibility index (Phi) is 6.18. The van der Waals surface area contributed by atoms with Gasteiger partial charge in [-0.2, -0.15) is 0 Å². The summed E-state index contributed by atoms with van der Waals surface area (Å²) in [5.41, 5.74) is 1.73. The Balaban J connectivity index is 1.89. The number of morpholine rings is 1. The van der Waals surface area contributed by atoms with E-state index in [0.717, 1.165) is 12.0 Å². The van der Waals surface area contributed by atoms with Gasteiger partial charge in [-0.15, -0.1) is 0 Å². The average Bonchev–Trinajstić information content (AvgIpc) is 2.97. The summed E-state index contributed by atoms with van der Waals surface area (Å²) in [4.78, 5) is 35.5. The standard InChI is InChI=1S/C22H26N4O3S2/c1-5-8-26-21(28)17(31-22(26)30)10-16-19(24-11-14(3)29-15(4)12-24)23-18-13(2)7-6-9-25(18)20(16)27/h6-7,9-10,14-15H,5,8,11-12H2,1-4H3/b17-10-/t14-,15-/m0/s1. The van der Waals surface area contributed by atoms with Crippen molar-refractivity contribution in [1.29, 1.82) is 0 Å². The molecule has 9 heteroatoms. The van der Waals surface area contributed by atoms with E-state index in [0.29, 0.717) is 45.9 Å². The summed E-state index contributed by atoms with van der Waals surface area (Å²) in [6.45, 7) is 9.78. The molecule has 2 atom stereocenters. The number of carbonyl (C=O) groups is 1. The first-order chi connectivity index (χ1) is 14.8. The number of aromatic nitrogens is 2. The van der Waals surface area contributed by atoms with Crippen molar-refractivity contribution in [3.05, 3.63) is 44.7 Å². The van der Waals surface area contributed by atoms with Crippen molar-refractivity contribution in [2.24, 2.45) is 0 Å². The zero-order valence-corrected chi connectivity index (χ0v) is 19.8. The Morgan fingerprint density at radius 3 is 2.68 bits per heavy atom. The van der Waals surface area contributed by atoms with Gasteiger partial charge < -0.3 is 9.64 Å². The lowest BCUT2D eigenvalue weighted by Gasteiger charge is -2.36. The highest BCUT2D eigenvalue weighted by atomic mass is 32.2. The maximum Gasteiger partial charge on any atom is 0.267 e. The van der Waals surface area contributed by atoms with Crippen LogP contribution >= 0.6 is 24.0 Å². The highest BCUT2D eigenvalue weighted by Gasteiger charge is 2.33. The van der Waals surface area contributed by atoms with Gasteiger partial charge in [-0.05, 0) is 44.9 Å². The molecule has 164 valence electrons. The number of thioether (sulfide) groups is 1. The lowest BCUT2D eigenvalue weighted by atomic mass is 10.1. The molecule has 0 aromatic carbocycles. The fraction of sp³-hybridized carbons (Fsp3) is 0.455. The molecule has 0 N–H and O–H groups in total. The van der Waals surface area contributed by atoms with Crippen LogP contribution in [0.4, 0.5) is 5.82 Å². The zero-order chi connectivity index (χ0) is 22.3. The summed E-state index contributed by atoms with van der Waals surface area (Å²) < 4.78 is 7.95. The van der Waals surface area contributed by atoms with Gasteiger partial charge in [0, 0.05) is 25.8 Å². The van der Waals surface area contributed by atoms with Crippen molar-refractivity contribution in [2.75, 3.05) is 24.5 Å². The van der Waals surface area contributed by atoms with Crippen LogP contribution in [-0.2, 0) is 9.53 Å². The fourth-order valence-electron chi connectivity index (χ4n) is 4.07. The summed E-state index contributed by atoms with van der Waals surface area (Å²) >= 11 is 6.63. The first-order valence-electron chi connectivity index (χ1n) is 10.5. The number of rotatable bonds is 4. The molecular formula is C22H26N4O3S2. The largest absolute Gasteiger partial charge is 0.372 e. The molecule has 4 heterocycles. The maximum atomic E-state index is 13.5. The van der Waals surface area contributed by atoms with E-state index in [-0.39, 0.29) is 23.7 Å². The van der Waals surface area contributed by atoms with Crippen molar-refractivity contribution in [3.63, 3.8) is 0 Å². The molecular weight excluding hydrogens is 432 g/mol. The van der Waals surface area contributed by atoms with Crippen molar-refractivity contribution in [1.82, 2.24) is 14.3 Å². The van der Waals surface area contributed by atoms with Gasteiger partial charge in [-0.3, -0.25) is 18.9 Å². The molecule has 0 aliphatic carbocycles. The molecule has 31 heavy (non-hydrogen) atoms. The first kappa shape index (κ1) is 22.0. The van der Waals surface area contributed by atoms with Gasteiger partial charge >= 0.3 is 0 Å². The third kappa shape index (κ3) is 4.14. The molecule has 2 aromatic heterocycles. The van der Waals surface area contributed by atoms with Crippen LogP contribution in [0, 0.1) is 6.92 Å². The van der Waals surface area contributed by atoms with E-state index >= 15 is 0 Å². The van der Waals surface area contributed by atoms with E-state index in [1.807, 2.05) is 39.8 Å². The molecule has 2 aliphatic rings. The number of nitrogens with zero attached hydrogens (tertiary/aromatic N) is 4. The number of fused-ring (bicyclic) bond motifs is 1. The maximum absolute atomic E-state index is 13.5. The van der Waals surface area contributed by atoms with E-state index < -0.39 is 0 Å². The molecule has 0 saturated carbocycles. The van der Waals surface area contributed by atoms with Gasteiger partial charge in [0.2, 0.25) is 0 Å². The van der Waals surface area contributed by atoms with Crippen LogP contribution in [0.3, 0.4) is 0 Å². The normalized spacial score (nSPS) is 23.4. The van der Waals surface area contributed by atoms with Crippen LogP contribution in [0.1, 0.15) is 38.3 Å². The number of amides is 1. The molecule has 2 saturated heterocycles. The lowest BCUT2D eigenvalue weighted by molar-refractivity contribution is -0.122. The topological polar surface area (TPSA) is 67.2 Å². The van der Waals surface area contributed by atoms with Crippen LogP contribution < -0.4 is 10.5 Å². The summed E-state index contributed by atoms with van der Waals surface area (Å²) in [6, 6.07) is 3.76. The number of anilines is 1. The highest BCUT2D eigenvalue weighted by molar-refractivity contribution is 8.26.